The molecule has 0 unspecified atom stereocenters. The van der Waals surface area contributed by atoms with Crippen LogP contribution in [0.3, 0.4) is 0 Å². The molecular weight excluding hydrogens is 756 g/mol. The van der Waals surface area contributed by atoms with Crippen LogP contribution < -0.4 is 10.6 Å². The lowest BCUT2D eigenvalue weighted by atomic mass is 9.95. The quantitative estimate of drug-likeness (QED) is 0.0607. The fourth-order valence-corrected chi connectivity index (χ4v) is 6.52. The van der Waals surface area contributed by atoms with E-state index >= 15 is 0 Å². The van der Waals surface area contributed by atoms with Crippen LogP contribution in [0.2, 0.25) is 0 Å². The number of nitrogens with one attached hydrogen (secondary N) is 2. The molecule has 4 fully saturated rings. The average Bonchev–Trinajstić information content (AvgIpc) is 3.16. The van der Waals surface area contributed by atoms with Gasteiger partial charge in [-0.3, -0.25) is 9.59 Å². The van der Waals surface area contributed by atoms with Crippen molar-refractivity contribution in [2.45, 2.75) is 136 Å². The van der Waals surface area contributed by atoms with Crippen molar-refractivity contribution in [3.05, 3.63) is 0 Å². The number of carbonyl (C=O) groups is 2. The van der Waals surface area contributed by atoms with E-state index in [1.807, 2.05) is 0 Å². The van der Waals surface area contributed by atoms with E-state index in [9.17, 15) is 76.0 Å². The van der Waals surface area contributed by atoms with Gasteiger partial charge < -0.3 is 115 Å². The Morgan fingerprint density at radius 2 is 1.04 bits per heavy atom. The van der Waals surface area contributed by atoms with Gasteiger partial charge in [0.15, 0.2) is 25.2 Å². The second-order valence-electron chi connectivity index (χ2n) is 13.4. The van der Waals surface area contributed by atoms with Gasteiger partial charge in [-0.25, -0.2) is 0 Å². The van der Waals surface area contributed by atoms with Crippen LogP contribution in [-0.4, -0.2) is 247 Å². The number of carbonyl (C=O) groups excluding carboxylic acids is 2. The molecule has 2 amide bonds. The summed E-state index contributed by atoms with van der Waals surface area (Å²) in [5.41, 5.74) is 0. The van der Waals surface area contributed by atoms with Crippen molar-refractivity contribution in [3.63, 3.8) is 0 Å². The summed E-state index contributed by atoms with van der Waals surface area (Å²) in [6.45, 7) is -3.42. The minimum absolute atomic E-state index is 0.297. The van der Waals surface area contributed by atoms with Crippen molar-refractivity contribution in [1.82, 2.24) is 10.6 Å². The lowest BCUT2D eigenvalue weighted by molar-refractivity contribution is -0.387. The molecule has 0 bridgehead atoms. The van der Waals surface area contributed by atoms with Gasteiger partial charge in [0.1, 0.15) is 97.6 Å². The fraction of sp³-hybridized carbons (Fsp3) is 0.933. The predicted molar refractivity (Wildman–Crippen MR) is 169 cm³/mol. The van der Waals surface area contributed by atoms with E-state index in [1.165, 1.54) is 0 Å². The Morgan fingerprint density at radius 1 is 0.582 bits per heavy atom. The molecule has 4 aliphatic heterocycles. The van der Waals surface area contributed by atoms with Crippen LogP contribution in [0, 0.1) is 0 Å². The molecule has 21 atom stereocenters. The van der Waals surface area contributed by atoms with Crippen molar-refractivity contribution in [1.29, 1.82) is 0 Å². The normalized spacial score (nSPS) is 45.8. The number of hydrogen-bond acceptors (Lipinski definition) is 23. The molecule has 0 aromatic heterocycles. The second-order valence-corrected chi connectivity index (χ2v) is 13.4. The van der Waals surface area contributed by atoms with Crippen LogP contribution in [0.5, 0.6) is 0 Å². The third kappa shape index (κ3) is 10.4. The molecule has 0 spiro atoms. The lowest BCUT2D eigenvalue weighted by Gasteiger charge is -2.49. The number of amides is 2. The molecule has 0 aromatic rings. The summed E-state index contributed by atoms with van der Waals surface area (Å²) in [6, 6.07) is -2.44. The molecule has 15 N–H and O–H groups in total. The summed E-state index contributed by atoms with van der Waals surface area (Å²) in [6.07, 6.45) is -33.8. The predicted octanol–water partition coefficient (Wildman–Crippen LogP) is -10.5. The molecule has 0 saturated carbocycles. The number of aliphatic hydroxyl groups is 13. The maximum atomic E-state index is 11.9. The summed E-state index contributed by atoms with van der Waals surface area (Å²) in [4.78, 5) is 22.6. The van der Waals surface area contributed by atoms with Gasteiger partial charge in [0.2, 0.25) is 12.3 Å². The van der Waals surface area contributed by atoms with Crippen molar-refractivity contribution in [2.75, 3.05) is 39.6 Å². The van der Waals surface area contributed by atoms with Gasteiger partial charge >= 0.3 is 0 Å². The molecule has 4 rings (SSSR count). The first-order chi connectivity index (χ1) is 26.1. The zero-order valence-electron chi connectivity index (χ0n) is 29.3. The van der Waals surface area contributed by atoms with Crippen LogP contribution >= 0.6 is 0 Å². The van der Waals surface area contributed by atoms with Gasteiger partial charge in [-0.15, -0.1) is 0 Å². The SMILES string of the molecule is CC(=O)N[C@H]1[C@H](O[C@H]2[C@@H](O)[C@@H](CO)O[C@H](O[C@H]3[C@@H](O)[C@@H](CO)O[C@@H](O[C@H]4[C@H](O)[C@@H](O)[C@H](OC[C@@H](CO)NC=O)O[C@@H]4CO)[C@@H]3O)[C@@H]2O)O[C@H](CO)[C@@H](O)[C@@H]1O. The summed E-state index contributed by atoms with van der Waals surface area (Å²) in [5.74, 6) is -0.712. The smallest absolute Gasteiger partial charge is 0.217 e. The molecule has 0 radical (unpaired) electrons. The Balaban J connectivity index is 1.52. The van der Waals surface area contributed by atoms with Crippen LogP contribution in [0.25, 0.3) is 0 Å². The van der Waals surface area contributed by atoms with E-state index in [-0.39, 0.29) is 6.61 Å². The molecule has 25 nitrogen and oxygen atoms in total. The maximum Gasteiger partial charge on any atom is 0.217 e. The van der Waals surface area contributed by atoms with Gasteiger partial charge in [0.05, 0.1) is 45.7 Å². The molecule has 25 heteroatoms. The third-order valence-corrected chi connectivity index (χ3v) is 9.57. The van der Waals surface area contributed by atoms with E-state index in [1.54, 1.807) is 0 Å². The van der Waals surface area contributed by atoms with Crippen LogP contribution in [0.1, 0.15) is 6.92 Å². The van der Waals surface area contributed by atoms with Gasteiger partial charge in [-0.1, -0.05) is 0 Å². The van der Waals surface area contributed by atoms with Crippen molar-refractivity contribution < 1.29 is 114 Å². The Hall–Kier alpha value is -1.90. The number of ether oxygens (including phenoxy) is 8. The molecule has 4 aliphatic rings. The third-order valence-electron chi connectivity index (χ3n) is 9.57. The van der Waals surface area contributed by atoms with Gasteiger partial charge in [-0.05, 0) is 0 Å². The highest BCUT2D eigenvalue weighted by molar-refractivity contribution is 5.73. The second kappa shape index (κ2) is 20.7. The Kier molecular flexibility index (Phi) is 17.2. The Labute approximate surface area is 312 Å². The highest BCUT2D eigenvalue weighted by atomic mass is 16.8. The van der Waals surface area contributed by atoms with E-state index in [0.29, 0.717) is 6.41 Å². The van der Waals surface area contributed by atoms with Crippen LogP contribution in [0.4, 0.5) is 0 Å². The highest BCUT2D eigenvalue weighted by Crippen LogP contribution is 2.34. The first-order valence-electron chi connectivity index (χ1n) is 17.3. The first kappa shape index (κ1) is 45.8. The lowest BCUT2D eigenvalue weighted by Crippen LogP contribution is -2.69. The van der Waals surface area contributed by atoms with Crippen molar-refractivity contribution in [3.8, 4) is 0 Å². The zero-order chi connectivity index (χ0) is 40.7. The minimum atomic E-state index is -2.09. The van der Waals surface area contributed by atoms with E-state index < -0.39 is 168 Å². The van der Waals surface area contributed by atoms with Crippen molar-refractivity contribution in [2.24, 2.45) is 0 Å². The van der Waals surface area contributed by atoms with Gasteiger partial charge in [0, 0.05) is 6.92 Å². The molecule has 0 aliphatic carbocycles. The van der Waals surface area contributed by atoms with Crippen molar-refractivity contribution >= 4 is 12.3 Å². The van der Waals surface area contributed by atoms with E-state index in [0.717, 1.165) is 6.92 Å². The molecule has 320 valence electrons. The van der Waals surface area contributed by atoms with Gasteiger partial charge in [-0.2, -0.15) is 0 Å². The van der Waals surface area contributed by atoms with E-state index in [4.69, 9.17) is 37.9 Å². The first-order valence-corrected chi connectivity index (χ1v) is 17.3. The number of hydrogen-bond donors (Lipinski definition) is 15. The molecule has 55 heavy (non-hydrogen) atoms. The highest BCUT2D eigenvalue weighted by Gasteiger charge is 2.55. The molecule has 4 saturated heterocycles. The molecular formula is C30H52N2O23. The summed E-state index contributed by atoms with van der Waals surface area (Å²) in [7, 11) is 0. The zero-order valence-corrected chi connectivity index (χ0v) is 29.3. The maximum absolute atomic E-state index is 11.9. The topological polar surface area (TPSA) is 395 Å². The monoisotopic (exact) mass is 808 g/mol. The Bertz CT molecular complexity index is 1190. The van der Waals surface area contributed by atoms with Gasteiger partial charge in [0.25, 0.3) is 0 Å². The fourth-order valence-electron chi connectivity index (χ4n) is 6.52. The average molecular weight is 809 g/mol. The minimum Gasteiger partial charge on any atom is -0.394 e. The van der Waals surface area contributed by atoms with E-state index in [2.05, 4.69) is 10.6 Å². The van der Waals surface area contributed by atoms with Crippen LogP contribution in [-0.2, 0) is 47.5 Å². The van der Waals surface area contributed by atoms with Crippen LogP contribution in [0.15, 0.2) is 0 Å². The largest absolute Gasteiger partial charge is 0.394 e. The summed E-state index contributed by atoms with van der Waals surface area (Å²) < 4.78 is 44.6. The summed E-state index contributed by atoms with van der Waals surface area (Å²) in [5, 5.41) is 141. The summed E-state index contributed by atoms with van der Waals surface area (Å²) >= 11 is 0. The Morgan fingerprint density at radius 3 is 1.51 bits per heavy atom. The number of aliphatic hydroxyl groups excluding tert-OH is 13. The molecule has 0 aromatic carbocycles. The number of rotatable bonds is 17. The standard InChI is InChI=1S/C30H52N2O23/c1-9(39)32-15-19(43)16(40)11(3-34)49-27(15)54-25-17(41)12(4-35)51-30(22(25)46)55-26-18(42)13(5-36)50-29(23(26)47)53-24-14(6-37)52-28(21(45)20(24)44)48-7-10(2-33)31-8-38/h8,10-30,33-37,40-47H,2-7H2,1H3,(H,31,38)(H,32,39)/t10-,11-,12-,13-,14-,15-,16-,17+,18+,19-,20-,21-,22-,23-,24-,25+,26+,27+,28-,29+,30-/m1/s1. The molecule has 4 heterocycles.